The van der Waals surface area contributed by atoms with E-state index in [1.165, 1.54) is 15.9 Å². The van der Waals surface area contributed by atoms with Gasteiger partial charge in [-0.2, -0.15) is 5.26 Å². The predicted octanol–water partition coefficient (Wildman–Crippen LogP) is 5.55. The standard InChI is InChI=1S/C28H30N2OSi/c1-28(2,3)32(24-12-6-4-7-13-24,25-14-8-5-9-15-25)31-18-10-11-23-21-30-27-17-16-22(20-29)19-26(23)27/h4-9,12-17,19,21,30H,10-11,18H2,1-3H3. The third-order valence-electron chi connectivity index (χ3n) is 6.22. The highest BCUT2D eigenvalue weighted by atomic mass is 28.4. The zero-order valence-electron chi connectivity index (χ0n) is 19.1. The first kappa shape index (κ1) is 22.1. The Kier molecular flexibility index (Phi) is 6.32. The van der Waals surface area contributed by atoms with E-state index in [-0.39, 0.29) is 5.04 Å². The Bertz CT molecular complexity index is 1180. The number of fused-ring (bicyclic) bond motifs is 1. The van der Waals surface area contributed by atoms with Crippen molar-refractivity contribution >= 4 is 29.6 Å². The third-order valence-corrected chi connectivity index (χ3v) is 11.3. The maximum Gasteiger partial charge on any atom is 0.261 e. The molecular weight excluding hydrogens is 408 g/mol. The molecule has 0 aliphatic carbocycles. The summed E-state index contributed by atoms with van der Waals surface area (Å²) in [5.41, 5.74) is 3.01. The van der Waals surface area contributed by atoms with Gasteiger partial charge in [-0.1, -0.05) is 81.4 Å². The first-order valence-electron chi connectivity index (χ1n) is 11.2. The van der Waals surface area contributed by atoms with Crippen molar-refractivity contribution in [2.24, 2.45) is 0 Å². The van der Waals surface area contributed by atoms with E-state index in [1.54, 1.807) is 0 Å². The van der Waals surface area contributed by atoms with Crippen LogP contribution in [0.15, 0.2) is 85.1 Å². The summed E-state index contributed by atoms with van der Waals surface area (Å²) in [5.74, 6) is 0. The molecule has 3 nitrogen and oxygen atoms in total. The molecule has 0 spiro atoms. The van der Waals surface area contributed by atoms with E-state index in [9.17, 15) is 5.26 Å². The van der Waals surface area contributed by atoms with E-state index in [0.717, 1.165) is 23.7 Å². The van der Waals surface area contributed by atoms with Gasteiger partial charge >= 0.3 is 0 Å². The van der Waals surface area contributed by atoms with Crippen LogP contribution in [0.3, 0.4) is 0 Å². The van der Waals surface area contributed by atoms with Gasteiger partial charge in [0.2, 0.25) is 0 Å². The quantitative estimate of drug-likeness (QED) is 0.304. The molecule has 32 heavy (non-hydrogen) atoms. The van der Waals surface area contributed by atoms with Crippen LogP contribution in [0, 0.1) is 11.3 Å². The van der Waals surface area contributed by atoms with Crippen LogP contribution in [-0.4, -0.2) is 19.9 Å². The lowest BCUT2D eigenvalue weighted by Crippen LogP contribution is -2.66. The molecule has 0 saturated heterocycles. The highest BCUT2D eigenvalue weighted by molar-refractivity contribution is 6.99. The van der Waals surface area contributed by atoms with Gasteiger partial charge in [-0.25, -0.2) is 0 Å². The van der Waals surface area contributed by atoms with Gasteiger partial charge in [-0.3, -0.25) is 0 Å². The molecule has 1 N–H and O–H groups in total. The lowest BCUT2D eigenvalue weighted by atomic mass is 10.1. The summed E-state index contributed by atoms with van der Waals surface area (Å²) in [5, 5.41) is 13.0. The first-order chi connectivity index (χ1) is 15.5. The van der Waals surface area contributed by atoms with Crippen molar-refractivity contribution in [3.8, 4) is 6.07 Å². The molecular formula is C28H30N2OSi. The number of benzene rings is 3. The number of hydrogen-bond acceptors (Lipinski definition) is 2. The monoisotopic (exact) mass is 438 g/mol. The second-order valence-electron chi connectivity index (χ2n) is 9.30. The van der Waals surface area contributed by atoms with Crippen LogP contribution < -0.4 is 10.4 Å². The molecule has 0 amide bonds. The van der Waals surface area contributed by atoms with Crippen LogP contribution in [-0.2, 0) is 10.8 Å². The first-order valence-corrected chi connectivity index (χ1v) is 13.1. The van der Waals surface area contributed by atoms with E-state index in [1.807, 2.05) is 18.2 Å². The van der Waals surface area contributed by atoms with Crippen molar-refractivity contribution in [3.05, 3.63) is 96.2 Å². The lowest BCUT2D eigenvalue weighted by Gasteiger charge is -2.43. The molecule has 0 fully saturated rings. The summed E-state index contributed by atoms with van der Waals surface area (Å²) in [6, 6.07) is 29.6. The van der Waals surface area contributed by atoms with Crippen LogP contribution in [0.25, 0.3) is 10.9 Å². The second-order valence-corrected chi connectivity index (χ2v) is 13.6. The Morgan fingerprint density at radius 2 is 1.53 bits per heavy atom. The van der Waals surface area contributed by atoms with Crippen molar-refractivity contribution in [2.75, 3.05) is 6.61 Å². The summed E-state index contributed by atoms with van der Waals surface area (Å²) in [7, 11) is -2.49. The second kappa shape index (κ2) is 9.16. The van der Waals surface area contributed by atoms with Gasteiger partial charge in [0.05, 0.1) is 11.6 Å². The Morgan fingerprint density at radius 3 is 2.09 bits per heavy atom. The number of nitriles is 1. The Balaban J connectivity index is 1.60. The summed E-state index contributed by atoms with van der Waals surface area (Å²) in [4.78, 5) is 3.33. The number of aromatic nitrogens is 1. The SMILES string of the molecule is CC(C)(C)[Si](OCCCc1c[nH]c2ccc(C#N)cc12)(c1ccccc1)c1ccccc1. The van der Waals surface area contributed by atoms with Crippen molar-refractivity contribution in [1.29, 1.82) is 5.26 Å². The lowest BCUT2D eigenvalue weighted by molar-refractivity contribution is 0.292. The van der Waals surface area contributed by atoms with Crippen molar-refractivity contribution in [2.45, 2.75) is 38.7 Å². The van der Waals surface area contributed by atoms with E-state index < -0.39 is 8.32 Å². The van der Waals surface area contributed by atoms with Gasteiger partial charge in [0.25, 0.3) is 8.32 Å². The Hall–Kier alpha value is -3.13. The molecule has 0 bridgehead atoms. The zero-order valence-corrected chi connectivity index (χ0v) is 20.1. The summed E-state index contributed by atoms with van der Waals surface area (Å²) in [6.07, 6.45) is 3.90. The fourth-order valence-electron chi connectivity index (χ4n) is 4.70. The molecule has 0 aliphatic rings. The summed E-state index contributed by atoms with van der Waals surface area (Å²) < 4.78 is 7.00. The minimum absolute atomic E-state index is 0.0157. The maximum absolute atomic E-state index is 9.25. The normalized spacial score (nSPS) is 12.1. The van der Waals surface area contributed by atoms with E-state index in [2.05, 4.69) is 98.7 Å². The largest absolute Gasteiger partial charge is 0.407 e. The van der Waals surface area contributed by atoms with Crippen molar-refractivity contribution in [1.82, 2.24) is 4.98 Å². The highest BCUT2D eigenvalue weighted by Crippen LogP contribution is 2.36. The summed E-state index contributed by atoms with van der Waals surface area (Å²) >= 11 is 0. The predicted molar refractivity (Wildman–Crippen MR) is 135 cm³/mol. The molecule has 162 valence electrons. The van der Waals surface area contributed by atoms with Gasteiger partial charge < -0.3 is 9.41 Å². The summed E-state index contributed by atoms with van der Waals surface area (Å²) in [6.45, 7) is 7.62. The minimum Gasteiger partial charge on any atom is -0.407 e. The Labute approximate surface area is 191 Å². The number of hydrogen-bond donors (Lipinski definition) is 1. The Morgan fingerprint density at radius 1 is 0.906 bits per heavy atom. The van der Waals surface area contributed by atoms with Gasteiger partial charge in [-0.05, 0) is 52.0 Å². The van der Waals surface area contributed by atoms with Crippen LogP contribution in [0.2, 0.25) is 5.04 Å². The van der Waals surface area contributed by atoms with Gasteiger partial charge in [-0.15, -0.1) is 0 Å². The van der Waals surface area contributed by atoms with Gasteiger partial charge in [0, 0.05) is 23.7 Å². The molecule has 0 unspecified atom stereocenters. The average Bonchev–Trinajstić information content (AvgIpc) is 3.21. The molecule has 0 radical (unpaired) electrons. The molecule has 4 rings (SSSR count). The fourth-order valence-corrected chi connectivity index (χ4v) is 9.31. The van der Waals surface area contributed by atoms with Crippen LogP contribution in [0.1, 0.15) is 38.3 Å². The van der Waals surface area contributed by atoms with Crippen LogP contribution in [0.4, 0.5) is 0 Å². The van der Waals surface area contributed by atoms with E-state index >= 15 is 0 Å². The van der Waals surface area contributed by atoms with Crippen molar-refractivity contribution in [3.63, 3.8) is 0 Å². The molecule has 1 aromatic heterocycles. The number of rotatable bonds is 7. The number of aryl methyl sites for hydroxylation is 1. The number of nitrogens with one attached hydrogen (secondary N) is 1. The molecule has 0 saturated carbocycles. The highest BCUT2D eigenvalue weighted by Gasteiger charge is 2.49. The smallest absolute Gasteiger partial charge is 0.261 e. The van der Waals surface area contributed by atoms with Gasteiger partial charge in [0.15, 0.2) is 0 Å². The van der Waals surface area contributed by atoms with E-state index in [4.69, 9.17) is 4.43 Å². The average molecular weight is 439 g/mol. The number of aromatic amines is 1. The number of H-pyrrole nitrogens is 1. The fraction of sp³-hybridized carbons (Fsp3) is 0.250. The van der Waals surface area contributed by atoms with E-state index in [0.29, 0.717) is 12.2 Å². The maximum atomic E-state index is 9.25. The van der Waals surface area contributed by atoms with Crippen LogP contribution in [0.5, 0.6) is 0 Å². The topological polar surface area (TPSA) is 48.8 Å². The third kappa shape index (κ3) is 4.14. The molecule has 1 heterocycles. The zero-order chi connectivity index (χ0) is 22.6. The van der Waals surface area contributed by atoms with Gasteiger partial charge in [0.1, 0.15) is 0 Å². The molecule has 0 atom stereocenters. The molecule has 4 aromatic rings. The molecule has 0 aliphatic heterocycles. The number of nitrogens with zero attached hydrogens (tertiary/aromatic N) is 1. The van der Waals surface area contributed by atoms with Crippen LogP contribution >= 0.6 is 0 Å². The minimum atomic E-state index is -2.49. The van der Waals surface area contributed by atoms with Crippen molar-refractivity contribution < 1.29 is 4.43 Å². The molecule has 4 heteroatoms. The molecule has 3 aromatic carbocycles.